The standard InChI is InChI=1S/C27H34N2O4/c1-19(21-13-9-6-10-14-21)29-23(31)26(3)16-25(2,17-27(4,18-26)24(32)33)22(30)28-15-20-11-7-5-8-12-20/h5-14,19H,15-18H2,1-4H3,(H,28,30)(H,29,31)(H,32,33)/t19?,25-,26+,27-/m0/s1. The summed E-state index contributed by atoms with van der Waals surface area (Å²) in [6.07, 6.45) is 0.619. The number of carbonyl (C=O) groups excluding carboxylic acids is 2. The molecule has 2 aromatic rings. The third kappa shape index (κ3) is 5.44. The van der Waals surface area contributed by atoms with Gasteiger partial charge in [0, 0.05) is 17.4 Å². The summed E-state index contributed by atoms with van der Waals surface area (Å²) < 4.78 is 0. The van der Waals surface area contributed by atoms with E-state index >= 15 is 0 Å². The van der Waals surface area contributed by atoms with Crippen LogP contribution in [-0.4, -0.2) is 22.9 Å². The minimum Gasteiger partial charge on any atom is -0.481 e. The van der Waals surface area contributed by atoms with Crippen LogP contribution in [0.5, 0.6) is 0 Å². The van der Waals surface area contributed by atoms with Gasteiger partial charge in [0.2, 0.25) is 11.8 Å². The van der Waals surface area contributed by atoms with Gasteiger partial charge in [-0.1, -0.05) is 74.5 Å². The molecule has 2 amide bonds. The lowest BCUT2D eigenvalue weighted by Crippen LogP contribution is -2.56. The lowest BCUT2D eigenvalue weighted by Gasteiger charge is -2.49. The second-order valence-corrected chi connectivity index (χ2v) is 10.3. The van der Waals surface area contributed by atoms with Gasteiger partial charge in [-0.15, -0.1) is 0 Å². The van der Waals surface area contributed by atoms with E-state index in [4.69, 9.17) is 0 Å². The van der Waals surface area contributed by atoms with E-state index in [0.29, 0.717) is 6.54 Å². The molecule has 3 rings (SSSR count). The zero-order valence-corrected chi connectivity index (χ0v) is 19.9. The number of carboxylic acids is 1. The quantitative estimate of drug-likeness (QED) is 0.580. The van der Waals surface area contributed by atoms with E-state index in [9.17, 15) is 19.5 Å². The monoisotopic (exact) mass is 450 g/mol. The Kier molecular flexibility index (Phi) is 6.96. The van der Waals surface area contributed by atoms with E-state index in [0.717, 1.165) is 11.1 Å². The van der Waals surface area contributed by atoms with Crippen LogP contribution in [0, 0.1) is 16.2 Å². The Hall–Kier alpha value is -3.15. The zero-order valence-electron chi connectivity index (χ0n) is 19.9. The van der Waals surface area contributed by atoms with E-state index in [2.05, 4.69) is 10.6 Å². The number of carbonyl (C=O) groups is 3. The molecule has 0 radical (unpaired) electrons. The van der Waals surface area contributed by atoms with Crippen molar-refractivity contribution >= 4 is 17.8 Å². The number of rotatable bonds is 7. The van der Waals surface area contributed by atoms with Gasteiger partial charge in [-0.05, 0) is 44.2 Å². The summed E-state index contributed by atoms with van der Waals surface area (Å²) in [5, 5.41) is 16.0. The van der Waals surface area contributed by atoms with E-state index in [1.807, 2.05) is 67.6 Å². The van der Waals surface area contributed by atoms with Crippen LogP contribution in [-0.2, 0) is 20.9 Å². The van der Waals surface area contributed by atoms with Crippen molar-refractivity contribution in [1.29, 1.82) is 0 Å². The van der Waals surface area contributed by atoms with Gasteiger partial charge < -0.3 is 15.7 Å². The summed E-state index contributed by atoms with van der Waals surface area (Å²) in [6, 6.07) is 19.0. The average molecular weight is 451 g/mol. The van der Waals surface area contributed by atoms with Crippen molar-refractivity contribution in [1.82, 2.24) is 10.6 Å². The van der Waals surface area contributed by atoms with Crippen LogP contribution >= 0.6 is 0 Å². The molecular weight excluding hydrogens is 416 g/mol. The molecule has 0 bridgehead atoms. The van der Waals surface area contributed by atoms with Gasteiger partial charge in [0.15, 0.2) is 0 Å². The molecule has 0 aliphatic heterocycles. The van der Waals surface area contributed by atoms with Gasteiger partial charge in [0.1, 0.15) is 0 Å². The predicted molar refractivity (Wildman–Crippen MR) is 127 cm³/mol. The predicted octanol–water partition coefficient (Wildman–Crippen LogP) is 4.47. The van der Waals surface area contributed by atoms with E-state index in [-0.39, 0.29) is 37.1 Å². The maximum atomic E-state index is 13.5. The molecule has 4 atom stereocenters. The molecule has 0 aromatic heterocycles. The van der Waals surface area contributed by atoms with Gasteiger partial charge in [-0.2, -0.15) is 0 Å². The lowest BCUT2D eigenvalue weighted by atomic mass is 9.54. The first-order valence-electron chi connectivity index (χ1n) is 11.4. The Morgan fingerprint density at radius 2 is 1.30 bits per heavy atom. The number of amides is 2. The number of carboxylic acid groups (broad SMARTS) is 1. The van der Waals surface area contributed by atoms with Crippen molar-refractivity contribution in [2.24, 2.45) is 16.2 Å². The topological polar surface area (TPSA) is 95.5 Å². The summed E-state index contributed by atoms with van der Waals surface area (Å²) in [7, 11) is 0. The molecular formula is C27H34N2O4. The third-order valence-corrected chi connectivity index (χ3v) is 6.90. The normalized spacial score (nSPS) is 27.9. The largest absolute Gasteiger partial charge is 0.481 e. The summed E-state index contributed by atoms with van der Waals surface area (Å²) in [4.78, 5) is 39.0. The lowest BCUT2D eigenvalue weighted by molar-refractivity contribution is -0.163. The Morgan fingerprint density at radius 1 is 0.818 bits per heavy atom. The first kappa shape index (κ1) is 24.5. The fraction of sp³-hybridized carbons (Fsp3) is 0.444. The molecule has 33 heavy (non-hydrogen) atoms. The molecule has 6 heteroatoms. The number of benzene rings is 2. The second kappa shape index (κ2) is 9.38. The second-order valence-electron chi connectivity index (χ2n) is 10.3. The molecule has 0 saturated heterocycles. The summed E-state index contributed by atoms with van der Waals surface area (Å²) in [5.74, 6) is -1.44. The highest BCUT2D eigenvalue weighted by molar-refractivity contribution is 5.89. The molecule has 1 unspecified atom stereocenters. The van der Waals surface area contributed by atoms with Crippen molar-refractivity contribution in [3.8, 4) is 0 Å². The number of hydrogen-bond donors (Lipinski definition) is 3. The van der Waals surface area contributed by atoms with Crippen molar-refractivity contribution in [2.45, 2.75) is 59.5 Å². The van der Waals surface area contributed by atoms with Gasteiger partial charge in [0.25, 0.3) is 0 Å². The fourth-order valence-corrected chi connectivity index (χ4v) is 5.43. The van der Waals surface area contributed by atoms with Crippen LogP contribution in [0.25, 0.3) is 0 Å². The molecule has 176 valence electrons. The van der Waals surface area contributed by atoms with Gasteiger partial charge in [0.05, 0.1) is 11.5 Å². The van der Waals surface area contributed by atoms with Crippen molar-refractivity contribution in [2.75, 3.05) is 0 Å². The van der Waals surface area contributed by atoms with Gasteiger partial charge >= 0.3 is 5.97 Å². The van der Waals surface area contributed by atoms with Crippen molar-refractivity contribution < 1.29 is 19.5 Å². The van der Waals surface area contributed by atoms with E-state index in [1.54, 1.807) is 20.8 Å². The molecule has 0 spiro atoms. The van der Waals surface area contributed by atoms with Crippen LogP contribution in [0.3, 0.4) is 0 Å². The first-order chi connectivity index (χ1) is 15.5. The highest BCUT2D eigenvalue weighted by atomic mass is 16.4. The SMILES string of the molecule is CC(NC(=O)[C@@]1(C)C[C@@](C)(C(=O)O)C[C@@](C)(C(=O)NCc2ccccc2)C1)c1ccccc1. The minimum atomic E-state index is -1.20. The summed E-state index contributed by atoms with van der Waals surface area (Å²) in [5.41, 5.74) is -1.27. The molecule has 1 aliphatic carbocycles. The Balaban J connectivity index is 1.82. The molecule has 6 nitrogen and oxygen atoms in total. The molecule has 2 aromatic carbocycles. The first-order valence-corrected chi connectivity index (χ1v) is 11.4. The van der Waals surface area contributed by atoms with Gasteiger partial charge in [-0.25, -0.2) is 0 Å². The maximum Gasteiger partial charge on any atom is 0.309 e. The van der Waals surface area contributed by atoms with E-state index in [1.165, 1.54) is 0 Å². The molecule has 1 saturated carbocycles. The molecule has 0 heterocycles. The van der Waals surface area contributed by atoms with Crippen LogP contribution < -0.4 is 10.6 Å². The molecule has 1 fully saturated rings. The number of nitrogens with one attached hydrogen (secondary N) is 2. The highest BCUT2D eigenvalue weighted by Gasteiger charge is 2.57. The molecule has 3 N–H and O–H groups in total. The third-order valence-electron chi connectivity index (χ3n) is 6.90. The van der Waals surface area contributed by atoms with E-state index < -0.39 is 22.2 Å². The maximum absolute atomic E-state index is 13.5. The Labute approximate surface area is 195 Å². The zero-order chi connectivity index (χ0) is 24.3. The van der Waals surface area contributed by atoms with Crippen molar-refractivity contribution in [3.63, 3.8) is 0 Å². The number of aliphatic carboxylic acids is 1. The highest BCUT2D eigenvalue weighted by Crippen LogP contribution is 2.55. The molecule has 1 aliphatic rings. The van der Waals surface area contributed by atoms with Crippen LogP contribution in [0.15, 0.2) is 60.7 Å². The van der Waals surface area contributed by atoms with Gasteiger partial charge in [-0.3, -0.25) is 14.4 Å². The smallest absolute Gasteiger partial charge is 0.309 e. The van der Waals surface area contributed by atoms with Crippen LogP contribution in [0.4, 0.5) is 0 Å². The Bertz CT molecular complexity index is 1010. The van der Waals surface area contributed by atoms with Crippen molar-refractivity contribution in [3.05, 3.63) is 71.8 Å². The van der Waals surface area contributed by atoms with Crippen LogP contribution in [0.2, 0.25) is 0 Å². The van der Waals surface area contributed by atoms with Crippen LogP contribution in [0.1, 0.15) is 64.1 Å². The minimum absolute atomic E-state index is 0.171. The summed E-state index contributed by atoms with van der Waals surface area (Å²) >= 11 is 0. The summed E-state index contributed by atoms with van der Waals surface area (Å²) in [6.45, 7) is 7.46. The average Bonchev–Trinajstić information content (AvgIpc) is 2.77. The number of hydrogen-bond acceptors (Lipinski definition) is 3. The fourth-order valence-electron chi connectivity index (χ4n) is 5.43. The Morgan fingerprint density at radius 3 is 1.85 bits per heavy atom.